The van der Waals surface area contributed by atoms with E-state index in [1.54, 1.807) is 15.2 Å². The summed E-state index contributed by atoms with van der Waals surface area (Å²) in [6.45, 7) is 6.27. The van der Waals surface area contributed by atoms with Gasteiger partial charge in [-0.3, -0.25) is 4.79 Å². The topological polar surface area (TPSA) is 37.9 Å². The van der Waals surface area contributed by atoms with Gasteiger partial charge in [0.25, 0.3) is 0 Å². The molecule has 1 aromatic rings. The average Bonchev–Trinajstić information content (AvgIpc) is 2.72. The Morgan fingerprint density at radius 1 is 1.58 bits per heavy atom. The quantitative estimate of drug-likeness (QED) is 0.613. The molecular weight excluding hydrogens is 238 g/mol. The smallest absolute Gasteiger partial charge is 0.342 e. The van der Waals surface area contributed by atoms with Gasteiger partial charge in [0.15, 0.2) is 0 Å². The van der Waals surface area contributed by atoms with Crippen LogP contribution in [0.15, 0.2) is 48.8 Å². The SMILES string of the molecule is C=C/C=C(\C=C/CNC(=O)c1n(C)cc[n+]1C)CC. The van der Waals surface area contributed by atoms with Crippen LogP contribution in [0.4, 0.5) is 0 Å². The van der Waals surface area contributed by atoms with Crippen molar-refractivity contribution in [1.82, 2.24) is 9.88 Å². The van der Waals surface area contributed by atoms with Crippen LogP contribution in [-0.2, 0) is 14.1 Å². The lowest BCUT2D eigenvalue weighted by molar-refractivity contribution is -0.673. The number of nitrogens with zero attached hydrogens (tertiary/aromatic N) is 2. The number of imidazole rings is 1. The zero-order chi connectivity index (χ0) is 14.3. The number of aromatic nitrogens is 2. The van der Waals surface area contributed by atoms with Crippen LogP contribution in [-0.4, -0.2) is 17.0 Å². The molecule has 4 nitrogen and oxygen atoms in total. The van der Waals surface area contributed by atoms with Gasteiger partial charge in [-0.15, -0.1) is 0 Å². The Balaban J connectivity index is 2.54. The van der Waals surface area contributed by atoms with Crippen molar-refractivity contribution in [1.29, 1.82) is 0 Å². The van der Waals surface area contributed by atoms with E-state index in [-0.39, 0.29) is 5.91 Å². The molecule has 1 amide bonds. The number of rotatable bonds is 6. The zero-order valence-corrected chi connectivity index (χ0v) is 11.9. The molecule has 0 fully saturated rings. The van der Waals surface area contributed by atoms with E-state index in [0.29, 0.717) is 12.4 Å². The van der Waals surface area contributed by atoms with Crippen LogP contribution in [0.1, 0.15) is 24.0 Å². The summed E-state index contributed by atoms with van der Waals surface area (Å²) in [6.07, 6.45) is 12.3. The van der Waals surface area contributed by atoms with Crippen LogP contribution in [0, 0.1) is 0 Å². The van der Waals surface area contributed by atoms with E-state index in [2.05, 4.69) is 18.8 Å². The van der Waals surface area contributed by atoms with Gasteiger partial charge in [0, 0.05) is 6.54 Å². The molecule has 1 N–H and O–H groups in total. The number of allylic oxidation sites excluding steroid dienone is 4. The third-order valence-electron chi connectivity index (χ3n) is 2.84. The van der Waals surface area contributed by atoms with Gasteiger partial charge in [0.1, 0.15) is 12.4 Å². The third kappa shape index (κ3) is 4.25. The molecule has 0 saturated carbocycles. The summed E-state index contributed by atoms with van der Waals surface area (Å²) < 4.78 is 3.60. The van der Waals surface area contributed by atoms with E-state index in [4.69, 9.17) is 0 Å². The molecule has 1 heterocycles. The molecule has 0 atom stereocenters. The lowest BCUT2D eigenvalue weighted by Crippen LogP contribution is -2.40. The highest BCUT2D eigenvalue weighted by atomic mass is 16.2. The fraction of sp³-hybridized carbons (Fsp3) is 0.333. The molecule has 0 aliphatic rings. The van der Waals surface area contributed by atoms with Crippen molar-refractivity contribution in [2.45, 2.75) is 13.3 Å². The number of hydrogen-bond donors (Lipinski definition) is 1. The molecule has 102 valence electrons. The van der Waals surface area contributed by atoms with Crippen LogP contribution in [0.3, 0.4) is 0 Å². The summed E-state index contributed by atoms with van der Waals surface area (Å²) in [5.74, 6) is 0.552. The Bertz CT molecular complexity index is 490. The van der Waals surface area contributed by atoms with Crippen molar-refractivity contribution in [3.63, 3.8) is 0 Å². The maximum atomic E-state index is 12.0. The summed E-state index contributed by atoms with van der Waals surface area (Å²) in [7, 11) is 3.71. The molecule has 0 saturated heterocycles. The van der Waals surface area contributed by atoms with Crippen LogP contribution >= 0.6 is 0 Å². The predicted octanol–water partition coefficient (Wildman–Crippen LogP) is 1.66. The normalized spacial score (nSPS) is 11.8. The van der Waals surface area contributed by atoms with Gasteiger partial charge in [-0.2, -0.15) is 0 Å². The van der Waals surface area contributed by atoms with E-state index in [9.17, 15) is 4.79 Å². The first kappa shape index (κ1) is 15.0. The van der Waals surface area contributed by atoms with Crippen LogP contribution in [0.2, 0.25) is 0 Å². The van der Waals surface area contributed by atoms with Gasteiger partial charge in [-0.1, -0.05) is 37.8 Å². The Morgan fingerprint density at radius 2 is 2.32 bits per heavy atom. The van der Waals surface area contributed by atoms with E-state index in [0.717, 1.165) is 6.42 Å². The number of amides is 1. The molecular formula is C15H22N3O+. The molecule has 19 heavy (non-hydrogen) atoms. The molecule has 0 radical (unpaired) electrons. The molecule has 1 rings (SSSR count). The highest BCUT2D eigenvalue weighted by Crippen LogP contribution is 2.01. The zero-order valence-electron chi connectivity index (χ0n) is 11.9. The van der Waals surface area contributed by atoms with E-state index in [1.807, 2.05) is 44.7 Å². The number of carbonyl (C=O) groups is 1. The van der Waals surface area contributed by atoms with Crippen molar-refractivity contribution in [2.75, 3.05) is 6.54 Å². The lowest BCUT2D eigenvalue weighted by atomic mass is 10.2. The van der Waals surface area contributed by atoms with E-state index in [1.165, 1.54) is 5.57 Å². The highest BCUT2D eigenvalue weighted by molar-refractivity contribution is 5.89. The van der Waals surface area contributed by atoms with Crippen molar-refractivity contribution < 1.29 is 9.36 Å². The number of carbonyl (C=O) groups excluding carboxylic acids is 1. The van der Waals surface area contributed by atoms with E-state index >= 15 is 0 Å². The minimum Gasteiger partial charge on any atom is -0.342 e. The van der Waals surface area contributed by atoms with Gasteiger partial charge < -0.3 is 5.32 Å². The van der Waals surface area contributed by atoms with Crippen LogP contribution in [0.25, 0.3) is 0 Å². The highest BCUT2D eigenvalue weighted by Gasteiger charge is 2.19. The molecule has 0 spiro atoms. The fourth-order valence-electron chi connectivity index (χ4n) is 1.79. The third-order valence-corrected chi connectivity index (χ3v) is 2.84. The Morgan fingerprint density at radius 3 is 2.84 bits per heavy atom. The standard InChI is InChI=1S/C15H21N3O/c1-5-8-13(6-2)9-7-10-16-14(19)15-17(3)11-12-18(15)4/h5,7-9,11-12H,1,6,10H2,2-4H3/p+1/b9-7-,13-8-. The Labute approximate surface area is 114 Å². The summed E-state index contributed by atoms with van der Waals surface area (Å²) in [5.41, 5.74) is 1.19. The molecule has 0 unspecified atom stereocenters. The summed E-state index contributed by atoms with van der Waals surface area (Å²) >= 11 is 0. The van der Waals surface area contributed by atoms with Gasteiger partial charge >= 0.3 is 11.7 Å². The molecule has 1 aromatic heterocycles. The first-order valence-electron chi connectivity index (χ1n) is 6.37. The molecule has 0 aliphatic carbocycles. The van der Waals surface area contributed by atoms with Crippen LogP contribution < -0.4 is 9.88 Å². The van der Waals surface area contributed by atoms with E-state index < -0.39 is 0 Å². The lowest BCUT2D eigenvalue weighted by Gasteiger charge is -2.00. The average molecular weight is 260 g/mol. The number of hydrogen-bond acceptors (Lipinski definition) is 1. The maximum Gasteiger partial charge on any atom is 0.347 e. The van der Waals surface area contributed by atoms with Crippen molar-refractivity contribution in [3.05, 3.63) is 54.7 Å². The van der Waals surface area contributed by atoms with Crippen molar-refractivity contribution in [2.24, 2.45) is 14.1 Å². The fourth-order valence-corrected chi connectivity index (χ4v) is 1.79. The summed E-state index contributed by atoms with van der Waals surface area (Å²) in [5, 5.41) is 2.87. The largest absolute Gasteiger partial charge is 0.347 e. The maximum absolute atomic E-state index is 12.0. The minimum atomic E-state index is -0.0783. The number of aryl methyl sites for hydroxylation is 2. The summed E-state index contributed by atoms with van der Waals surface area (Å²) in [4.78, 5) is 12.0. The second-order valence-corrected chi connectivity index (χ2v) is 4.29. The molecule has 0 aliphatic heterocycles. The molecule has 0 aromatic carbocycles. The van der Waals surface area contributed by atoms with Crippen LogP contribution in [0.5, 0.6) is 0 Å². The minimum absolute atomic E-state index is 0.0783. The van der Waals surface area contributed by atoms with Gasteiger partial charge in [0.05, 0.1) is 14.1 Å². The van der Waals surface area contributed by atoms with Gasteiger partial charge in [-0.05, 0) is 12.0 Å². The van der Waals surface area contributed by atoms with Crippen molar-refractivity contribution >= 4 is 5.91 Å². The van der Waals surface area contributed by atoms with Crippen molar-refractivity contribution in [3.8, 4) is 0 Å². The first-order valence-corrected chi connectivity index (χ1v) is 6.37. The Kier molecular flexibility index (Phi) is 5.79. The number of nitrogens with one attached hydrogen (secondary N) is 1. The summed E-state index contributed by atoms with van der Waals surface area (Å²) in [6, 6.07) is 0. The second kappa shape index (κ2) is 7.36. The molecule has 4 heteroatoms. The van der Waals surface area contributed by atoms with Gasteiger partial charge in [0.2, 0.25) is 0 Å². The predicted molar refractivity (Wildman–Crippen MR) is 76.6 cm³/mol. The molecule has 0 bridgehead atoms. The second-order valence-electron chi connectivity index (χ2n) is 4.29. The van der Waals surface area contributed by atoms with Gasteiger partial charge in [-0.25, -0.2) is 9.13 Å². The first-order chi connectivity index (χ1) is 9.10. The Hall–Kier alpha value is -2.10. The monoisotopic (exact) mass is 260 g/mol.